The normalized spacial score (nSPS) is 11.0. The van der Waals surface area contributed by atoms with E-state index in [0.29, 0.717) is 11.1 Å². The smallest absolute Gasteiger partial charge is 0.374 e. The molecule has 0 fully saturated rings. The van der Waals surface area contributed by atoms with Gasteiger partial charge in [-0.05, 0) is 39.0 Å². The van der Waals surface area contributed by atoms with E-state index in [9.17, 15) is 9.59 Å². The Hall–Kier alpha value is -2.82. The SMILES string of the molecule is CCn1c(C)cc(C(=O)COC(=O)c2cc3ccccc3o2)c1C. The van der Waals surface area contributed by atoms with Crippen molar-refractivity contribution in [1.29, 1.82) is 0 Å². The first-order chi connectivity index (χ1) is 11.5. The molecule has 1 aromatic carbocycles. The topological polar surface area (TPSA) is 61.4 Å². The third-order valence-electron chi connectivity index (χ3n) is 4.15. The monoisotopic (exact) mass is 325 g/mol. The molecule has 0 spiro atoms. The Labute approximate surface area is 139 Å². The molecule has 3 rings (SSSR count). The fraction of sp³-hybridized carbons (Fsp3) is 0.263. The second kappa shape index (κ2) is 6.35. The summed E-state index contributed by atoms with van der Waals surface area (Å²) in [6.45, 7) is 6.36. The third-order valence-corrected chi connectivity index (χ3v) is 4.15. The highest BCUT2D eigenvalue weighted by Gasteiger charge is 2.19. The van der Waals surface area contributed by atoms with Gasteiger partial charge in [0.15, 0.2) is 6.61 Å². The van der Waals surface area contributed by atoms with Gasteiger partial charge in [0, 0.05) is 28.9 Å². The number of nitrogens with zero attached hydrogens (tertiary/aromatic N) is 1. The maximum Gasteiger partial charge on any atom is 0.374 e. The summed E-state index contributed by atoms with van der Waals surface area (Å²) in [6.07, 6.45) is 0. The minimum atomic E-state index is -0.635. The van der Waals surface area contributed by atoms with E-state index in [4.69, 9.17) is 9.15 Å². The lowest BCUT2D eigenvalue weighted by atomic mass is 10.1. The third kappa shape index (κ3) is 2.85. The molecule has 5 heteroatoms. The first kappa shape index (κ1) is 16.1. The number of hydrogen-bond donors (Lipinski definition) is 0. The molecule has 0 unspecified atom stereocenters. The highest BCUT2D eigenvalue weighted by Crippen LogP contribution is 2.20. The minimum absolute atomic E-state index is 0.100. The maximum atomic E-state index is 12.3. The van der Waals surface area contributed by atoms with Gasteiger partial charge < -0.3 is 13.7 Å². The molecule has 24 heavy (non-hydrogen) atoms. The van der Waals surface area contributed by atoms with Crippen LogP contribution in [-0.2, 0) is 11.3 Å². The van der Waals surface area contributed by atoms with Crippen molar-refractivity contribution in [2.24, 2.45) is 0 Å². The number of rotatable bonds is 5. The molecule has 2 aromatic heterocycles. The molecular weight excluding hydrogens is 306 g/mol. The van der Waals surface area contributed by atoms with Crippen LogP contribution in [0.4, 0.5) is 0 Å². The molecule has 0 atom stereocenters. The molecule has 0 bridgehead atoms. The maximum absolute atomic E-state index is 12.3. The molecule has 5 nitrogen and oxygen atoms in total. The summed E-state index contributed by atoms with van der Waals surface area (Å²) in [5.41, 5.74) is 3.11. The van der Waals surface area contributed by atoms with Crippen LogP contribution in [0.15, 0.2) is 40.8 Å². The zero-order valence-corrected chi connectivity index (χ0v) is 14.0. The largest absolute Gasteiger partial charge is 0.451 e. The zero-order valence-electron chi connectivity index (χ0n) is 14.0. The van der Waals surface area contributed by atoms with E-state index in [-0.39, 0.29) is 18.2 Å². The van der Waals surface area contributed by atoms with Crippen LogP contribution in [0, 0.1) is 13.8 Å². The average molecular weight is 325 g/mol. The second-order valence-electron chi connectivity index (χ2n) is 5.68. The molecule has 124 valence electrons. The molecule has 0 aliphatic carbocycles. The molecule has 0 aliphatic rings. The lowest BCUT2D eigenvalue weighted by Crippen LogP contribution is -2.14. The summed E-state index contributed by atoms with van der Waals surface area (Å²) in [5.74, 6) is -0.751. The number of ether oxygens (including phenoxy) is 1. The van der Waals surface area contributed by atoms with Crippen LogP contribution in [0.3, 0.4) is 0 Å². The Morgan fingerprint density at radius 2 is 1.92 bits per heavy atom. The van der Waals surface area contributed by atoms with Crippen molar-refractivity contribution in [3.8, 4) is 0 Å². The molecule has 0 N–H and O–H groups in total. The summed E-state index contributed by atoms with van der Waals surface area (Å²) in [5, 5.41) is 0.822. The van der Waals surface area contributed by atoms with Gasteiger partial charge in [0.1, 0.15) is 5.58 Å². The Kier molecular flexibility index (Phi) is 4.25. The van der Waals surface area contributed by atoms with E-state index in [1.165, 1.54) is 0 Å². The summed E-state index contributed by atoms with van der Waals surface area (Å²) >= 11 is 0. The fourth-order valence-electron chi connectivity index (χ4n) is 2.93. The van der Waals surface area contributed by atoms with Gasteiger partial charge in [0.05, 0.1) is 0 Å². The number of carbonyl (C=O) groups excluding carboxylic acids is 2. The number of aromatic nitrogens is 1. The number of para-hydroxylation sites is 1. The highest BCUT2D eigenvalue weighted by molar-refractivity contribution is 6.00. The van der Waals surface area contributed by atoms with Crippen molar-refractivity contribution in [2.75, 3.05) is 6.61 Å². The summed E-state index contributed by atoms with van der Waals surface area (Å²) in [7, 11) is 0. The van der Waals surface area contributed by atoms with Crippen LogP contribution in [0.25, 0.3) is 11.0 Å². The number of fused-ring (bicyclic) bond motifs is 1. The van der Waals surface area contributed by atoms with Crippen LogP contribution in [-0.4, -0.2) is 22.9 Å². The highest BCUT2D eigenvalue weighted by atomic mass is 16.5. The van der Waals surface area contributed by atoms with Gasteiger partial charge in [0.25, 0.3) is 0 Å². The molecule has 2 heterocycles. The molecule has 0 amide bonds. The van der Waals surface area contributed by atoms with Gasteiger partial charge in [-0.1, -0.05) is 18.2 Å². The molecule has 0 saturated carbocycles. The summed E-state index contributed by atoms with van der Waals surface area (Å²) in [4.78, 5) is 24.4. The van der Waals surface area contributed by atoms with E-state index in [0.717, 1.165) is 23.3 Å². The van der Waals surface area contributed by atoms with E-state index in [2.05, 4.69) is 0 Å². The molecular formula is C19H19NO4. The van der Waals surface area contributed by atoms with Gasteiger partial charge in [-0.2, -0.15) is 0 Å². The number of ketones is 1. The quantitative estimate of drug-likeness (QED) is 0.527. The summed E-state index contributed by atoms with van der Waals surface area (Å²) in [6, 6.07) is 10.8. The zero-order chi connectivity index (χ0) is 17.3. The van der Waals surface area contributed by atoms with Gasteiger partial charge in [-0.25, -0.2) is 4.79 Å². The van der Waals surface area contributed by atoms with Crippen molar-refractivity contribution in [3.63, 3.8) is 0 Å². The van der Waals surface area contributed by atoms with Gasteiger partial charge in [-0.15, -0.1) is 0 Å². The van der Waals surface area contributed by atoms with Crippen LogP contribution in [0.1, 0.15) is 39.2 Å². The van der Waals surface area contributed by atoms with Crippen molar-refractivity contribution < 1.29 is 18.7 Å². The van der Waals surface area contributed by atoms with Gasteiger partial charge in [-0.3, -0.25) is 4.79 Å². The Morgan fingerprint density at radius 1 is 1.17 bits per heavy atom. The van der Waals surface area contributed by atoms with Crippen LogP contribution in [0.2, 0.25) is 0 Å². The van der Waals surface area contributed by atoms with Crippen LogP contribution < -0.4 is 0 Å². The Bertz CT molecular complexity index is 884. The number of aryl methyl sites for hydroxylation is 1. The first-order valence-corrected chi connectivity index (χ1v) is 7.87. The number of furan rings is 1. The standard InChI is InChI=1S/C19H19NO4/c1-4-20-12(2)9-15(13(20)3)16(21)11-23-19(22)18-10-14-7-5-6-8-17(14)24-18/h5-10H,4,11H2,1-3H3. The summed E-state index contributed by atoms with van der Waals surface area (Å²) < 4.78 is 12.6. The number of carbonyl (C=O) groups is 2. The van der Waals surface area contributed by atoms with E-state index in [1.54, 1.807) is 12.1 Å². The minimum Gasteiger partial charge on any atom is -0.451 e. The number of hydrogen-bond acceptors (Lipinski definition) is 4. The first-order valence-electron chi connectivity index (χ1n) is 7.87. The molecule has 0 aliphatic heterocycles. The molecule has 0 radical (unpaired) electrons. The average Bonchev–Trinajstić information content (AvgIpc) is 3.13. The lowest BCUT2D eigenvalue weighted by Gasteiger charge is -2.06. The Morgan fingerprint density at radius 3 is 2.58 bits per heavy atom. The van der Waals surface area contributed by atoms with Crippen molar-refractivity contribution in [3.05, 3.63) is 59.1 Å². The van der Waals surface area contributed by atoms with E-state index >= 15 is 0 Å². The predicted molar refractivity (Wildman–Crippen MR) is 90.4 cm³/mol. The lowest BCUT2D eigenvalue weighted by molar-refractivity contribution is 0.0446. The number of benzene rings is 1. The van der Waals surface area contributed by atoms with Crippen LogP contribution >= 0.6 is 0 Å². The van der Waals surface area contributed by atoms with Crippen molar-refractivity contribution >= 4 is 22.7 Å². The Balaban J connectivity index is 1.71. The fourth-order valence-corrected chi connectivity index (χ4v) is 2.93. The van der Waals surface area contributed by atoms with E-state index < -0.39 is 5.97 Å². The van der Waals surface area contributed by atoms with E-state index in [1.807, 2.05) is 49.6 Å². The molecule has 0 saturated heterocycles. The van der Waals surface area contributed by atoms with Crippen LogP contribution in [0.5, 0.6) is 0 Å². The second-order valence-corrected chi connectivity index (χ2v) is 5.68. The van der Waals surface area contributed by atoms with Gasteiger partial charge in [0.2, 0.25) is 11.5 Å². The predicted octanol–water partition coefficient (Wildman–Crippen LogP) is 3.91. The van der Waals surface area contributed by atoms with Gasteiger partial charge >= 0.3 is 5.97 Å². The number of esters is 1. The van der Waals surface area contributed by atoms with Crippen molar-refractivity contribution in [2.45, 2.75) is 27.3 Å². The molecule has 3 aromatic rings. The van der Waals surface area contributed by atoms with Crippen molar-refractivity contribution in [1.82, 2.24) is 4.57 Å². The number of Topliss-reactive ketones (excluding diaryl/α,β-unsaturated/α-hetero) is 1.